The Morgan fingerprint density at radius 2 is 1.74 bits per heavy atom. The molecule has 1 saturated heterocycles. The Labute approximate surface area is 255 Å². The van der Waals surface area contributed by atoms with Crippen LogP contribution in [-0.2, 0) is 24.3 Å². The lowest BCUT2D eigenvalue weighted by Gasteiger charge is -2.48. The second-order valence-electron chi connectivity index (χ2n) is 10.5. The lowest BCUT2D eigenvalue weighted by atomic mass is 9.89. The molecule has 2 aliphatic rings. The van der Waals surface area contributed by atoms with Crippen molar-refractivity contribution < 1.29 is 27.1 Å². The van der Waals surface area contributed by atoms with Gasteiger partial charge in [-0.3, -0.25) is 9.10 Å². The van der Waals surface area contributed by atoms with E-state index in [1.165, 1.54) is 18.2 Å². The van der Waals surface area contributed by atoms with Crippen LogP contribution in [0, 0.1) is 5.82 Å². The molecule has 0 aromatic heterocycles. The lowest BCUT2D eigenvalue weighted by Crippen LogP contribution is -2.58. The number of carbonyl (C=O) groups is 2. The molecule has 222 valence electrons. The minimum Gasteiger partial charge on any atom is -0.357 e. The van der Waals surface area contributed by atoms with E-state index in [4.69, 9.17) is 27.9 Å². The fraction of sp³-hybridized carbons (Fsp3) is 0.355. The van der Waals surface area contributed by atoms with E-state index in [2.05, 4.69) is 0 Å². The first-order valence-corrected chi connectivity index (χ1v) is 16.1. The zero-order chi connectivity index (χ0) is 30.0. The Bertz CT molecular complexity index is 1550. The van der Waals surface area contributed by atoms with Gasteiger partial charge in [-0.15, -0.1) is 0 Å². The number of hydrogen-bond acceptors (Lipinski definition) is 5. The van der Waals surface area contributed by atoms with Crippen molar-refractivity contribution in [1.82, 2.24) is 4.90 Å². The molecule has 1 amide bonds. The standard InChI is InChI=1S/C31H31Cl2FN2O5S/c1-2-24(19-35(42(39,40)25-14-15-25)27-9-4-3-8-26(27)34)36-29(20-10-12-22(32)13-11-20)30(21-6-5-7-23(33)18-21)41-28(16-17-37)31(36)38/h3-13,17-18,24-25,28-30H,2,14-16,19H2,1H3/t24?,28-,29+,30+/m0/s1. The molecule has 1 aliphatic heterocycles. The van der Waals surface area contributed by atoms with Gasteiger partial charge in [-0.1, -0.05) is 66.5 Å². The van der Waals surface area contributed by atoms with Crippen molar-refractivity contribution in [2.45, 2.75) is 62.1 Å². The van der Waals surface area contributed by atoms with Crippen LogP contribution in [0.1, 0.15) is 55.9 Å². The van der Waals surface area contributed by atoms with Crippen molar-refractivity contribution in [1.29, 1.82) is 0 Å². The van der Waals surface area contributed by atoms with Crippen molar-refractivity contribution in [3.63, 3.8) is 0 Å². The van der Waals surface area contributed by atoms with E-state index in [0.717, 1.165) is 4.31 Å². The number of morpholine rings is 1. The number of para-hydroxylation sites is 1. The molecule has 11 heteroatoms. The van der Waals surface area contributed by atoms with E-state index in [0.29, 0.717) is 46.7 Å². The van der Waals surface area contributed by atoms with Crippen LogP contribution in [0.5, 0.6) is 0 Å². The number of hydrogen-bond donors (Lipinski definition) is 0. The lowest BCUT2D eigenvalue weighted by molar-refractivity contribution is -0.180. The van der Waals surface area contributed by atoms with Gasteiger partial charge in [0.25, 0.3) is 5.91 Å². The summed E-state index contributed by atoms with van der Waals surface area (Å²) in [4.78, 5) is 27.4. The van der Waals surface area contributed by atoms with Crippen molar-refractivity contribution >= 4 is 51.1 Å². The number of sulfonamides is 1. The summed E-state index contributed by atoms with van der Waals surface area (Å²) in [7, 11) is -3.91. The summed E-state index contributed by atoms with van der Waals surface area (Å²) in [5.41, 5.74) is 1.31. The average molecular weight is 634 g/mol. The smallest absolute Gasteiger partial charge is 0.253 e. The first-order valence-electron chi connectivity index (χ1n) is 13.8. The molecule has 1 aliphatic carbocycles. The van der Waals surface area contributed by atoms with Gasteiger partial charge in [0.2, 0.25) is 10.0 Å². The Kier molecular flexibility index (Phi) is 9.23. The monoisotopic (exact) mass is 632 g/mol. The van der Waals surface area contributed by atoms with Crippen molar-refractivity contribution in [3.05, 3.63) is 99.8 Å². The molecule has 0 spiro atoms. The van der Waals surface area contributed by atoms with Gasteiger partial charge in [-0.2, -0.15) is 0 Å². The zero-order valence-corrected chi connectivity index (χ0v) is 25.2. The molecule has 3 aromatic rings. The number of benzene rings is 3. The van der Waals surface area contributed by atoms with E-state index in [9.17, 15) is 18.0 Å². The number of nitrogens with zero attached hydrogens (tertiary/aromatic N) is 2. The highest BCUT2D eigenvalue weighted by Crippen LogP contribution is 2.45. The summed E-state index contributed by atoms with van der Waals surface area (Å²) in [6.45, 7) is 1.67. The van der Waals surface area contributed by atoms with Crippen molar-refractivity contribution in [2.24, 2.45) is 0 Å². The van der Waals surface area contributed by atoms with Crippen LogP contribution >= 0.6 is 23.2 Å². The molecular formula is C31H31Cl2FN2O5S. The zero-order valence-electron chi connectivity index (χ0n) is 22.9. The number of anilines is 1. The first-order chi connectivity index (χ1) is 20.1. The molecule has 1 saturated carbocycles. The van der Waals surface area contributed by atoms with Gasteiger partial charge in [0, 0.05) is 16.5 Å². The van der Waals surface area contributed by atoms with Gasteiger partial charge >= 0.3 is 0 Å². The molecule has 0 radical (unpaired) electrons. The number of rotatable bonds is 11. The molecule has 7 nitrogen and oxygen atoms in total. The number of halogens is 3. The third kappa shape index (κ3) is 6.20. The summed E-state index contributed by atoms with van der Waals surface area (Å²) in [6, 6.07) is 18.4. The van der Waals surface area contributed by atoms with Crippen molar-refractivity contribution in [3.8, 4) is 0 Å². The quantitative estimate of drug-likeness (QED) is 0.225. The van der Waals surface area contributed by atoms with Gasteiger partial charge in [0.05, 0.1) is 29.6 Å². The first kappa shape index (κ1) is 30.5. The minimum atomic E-state index is -3.91. The molecule has 42 heavy (non-hydrogen) atoms. The van der Waals surface area contributed by atoms with E-state index < -0.39 is 51.3 Å². The van der Waals surface area contributed by atoms with Gasteiger partial charge < -0.3 is 14.4 Å². The second kappa shape index (κ2) is 12.7. The SMILES string of the molecule is CCC(CN(c1ccccc1F)S(=O)(=O)C1CC1)N1C(=O)[C@H](CC=O)O[C@H](c2cccc(Cl)c2)[C@H]1c1ccc(Cl)cc1. The Morgan fingerprint density at radius 3 is 2.36 bits per heavy atom. The number of aldehydes is 1. The highest BCUT2D eigenvalue weighted by atomic mass is 35.5. The molecule has 0 N–H and O–H groups in total. The molecule has 1 unspecified atom stereocenters. The predicted molar refractivity (Wildman–Crippen MR) is 161 cm³/mol. The number of ether oxygens (including phenoxy) is 1. The van der Waals surface area contributed by atoms with E-state index >= 15 is 4.39 Å². The van der Waals surface area contributed by atoms with Crippen molar-refractivity contribution in [2.75, 3.05) is 10.8 Å². The van der Waals surface area contributed by atoms with Gasteiger partial charge in [-0.05, 0) is 66.8 Å². The second-order valence-corrected chi connectivity index (χ2v) is 13.5. The molecule has 1 heterocycles. The maximum absolute atomic E-state index is 15.1. The van der Waals surface area contributed by atoms with E-state index in [-0.39, 0.29) is 18.7 Å². The van der Waals surface area contributed by atoms with Crippen LogP contribution in [0.15, 0.2) is 72.8 Å². The van der Waals surface area contributed by atoms with Crippen LogP contribution in [0.4, 0.5) is 10.1 Å². The van der Waals surface area contributed by atoms with Crippen LogP contribution in [-0.4, -0.2) is 49.5 Å². The van der Waals surface area contributed by atoms with Gasteiger partial charge in [0.15, 0.2) is 0 Å². The number of amides is 1. The maximum atomic E-state index is 15.1. The molecule has 0 bridgehead atoms. The maximum Gasteiger partial charge on any atom is 0.253 e. The summed E-state index contributed by atoms with van der Waals surface area (Å²) in [5.74, 6) is -1.13. The topological polar surface area (TPSA) is 84.0 Å². The highest BCUT2D eigenvalue weighted by Gasteiger charge is 2.48. The Morgan fingerprint density at radius 1 is 1.02 bits per heavy atom. The summed E-state index contributed by atoms with van der Waals surface area (Å²) in [6.07, 6.45) is -0.0828. The van der Waals surface area contributed by atoms with Crippen LogP contribution in [0.3, 0.4) is 0 Å². The van der Waals surface area contributed by atoms with E-state index in [1.54, 1.807) is 53.4 Å². The Balaban J connectivity index is 1.65. The summed E-state index contributed by atoms with van der Waals surface area (Å²) < 4.78 is 49.9. The normalized spacial score (nSPS) is 21.7. The summed E-state index contributed by atoms with van der Waals surface area (Å²) >= 11 is 12.6. The average Bonchev–Trinajstić information content (AvgIpc) is 3.83. The fourth-order valence-electron chi connectivity index (χ4n) is 5.49. The highest BCUT2D eigenvalue weighted by molar-refractivity contribution is 7.93. The third-order valence-corrected chi connectivity index (χ3v) is 10.5. The van der Waals surface area contributed by atoms with Crippen LogP contribution < -0.4 is 4.31 Å². The summed E-state index contributed by atoms with van der Waals surface area (Å²) in [5, 5.41) is 0.360. The third-order valence-electron chi connectivity index (χ3n) is 7.74. The fourth-order valence-corrected chi connectivity index (χ4v) is 7.71. The molecule has 5 rings (SSSR count). The molecule has 4 atom stereocenters. The predicted octanol–water partition coefficient (Wildman–Crippen LogP) is 6.51. The van der Waals surface area contributed by atoms with E-state index in [1.807, 2.05) is 13.0 Å². The molecule has 2 fully saturated rings. The van der Waals surface area contributed by atoms with Crippen LogP contribution in [0.25, 0.3) is 0 Å². The van der Waals surface area contributed by atoms with Gasteiger partial charge in [-0.25, -0.2) is 12.8 Å². The number of carbonyl (C=O) groups excluding carboxylic acids is 2. The minimum absolute atomic E-state index is 0.0672. The largest absolute Gasteiger partial charge is 0.357 e. The Hall–Kier alpha value is -2.98. The molecule has 3 aromatic carbocycles. The molecular weight excluding hydrogens is 602 g/mol. The van der Waals surface area contributed by atoms with Gasteiger partial charge in [0.1, 0.15) is 24.3 Å². The van der Waals surface area contributed by atoms with Crippen LogP contribution in [0.2, 0.25) is 10.0 Å².